The number of nitrogens with zero attached hydrogens (tertiary/aromatic N) is 2. The maximum absolute atomic E-state index is 11.4. The number of fused-ring (bicyclic) bond motifs is 3. The molecule has 2 saturated carbocycles. The Bertz CT molecular complexity index is 989. The highest BCUT2D eigenvalue weighted by Crippen LogP contribution is 2.34. The third kappa shape index (κ3) is 4.82. The fourth-order valence-electron chi connectivity index (χ4n) is 6.18. The van der Waals surface area contributed by atoms with Gasteiger partial charge in [-0.05, 0) is 62.1 Å². The van der Waals surface area contributed by atoms with E-state index in [1.54, 1.807) is 0 Å². The fourth-order valence-corrected chi connectivity index (χ4v) is 6.90. The topological polar surface area (TPSA) is 28.4 Å². The van der Waals surface area contributed by atoms with Crippen LogP contribution in [0.15, 0.2) is 45.3 Å². The molecule has 0 saturated heterocycles. The van der Waals surface area contributed by atoms with Crippen LogP contribution in [0.3, 0.4) is 0 Å². The number of hydrogen-bond acceptors (Lipinski definition) is 2. The van der Waals surface area contributed by atoms with Crippen LogP contribution in [0.2, 0.25) is 0 Å². The predicted octanol–water partition coefficient (Wildman–Crippen LogP) is 7.65. The Kier molecular flexibility index (Phi) is 7.27. The summed E-state index contributed by atoms with van der Waals surface area (Å²) in [7, 11) is 0. The van der Waals surface area contributed by atoms with Crippen molar-refractivity contribution < 1.29 is 5.11 Å². The molecule has 3 aromatic rings. The highest BCUT2D eigenvalue weighted by molar-refractivity contribution is 9.10. The van der Waals surface area contributed by atoms with E-state index >= 15 is 0 Å². The molecule has 5 rings (SSSR count). The van der Waals surface area contributed by atoms with E-state index < -0.39 is 0 Å². The largest absolute Gasteiger partial charge is 0.390 e. The number of benzene rings is 2. The van der Waals surface area contributed by atoms with Gasteiger partial charge in [-0.25, -0.2) is 0 Å². The van der Waals surface area contributed by atoms with Gasteiger partial charge in [-0.2, -0.15) is 0 Å². The molecule has 2 aromatic carbocycles. The van der Waals surface area contributed by atoms with Crippen molar-refractivity contribution >= 4 is 53.7 Å². The molecule has 0 unspecified atom stereocenters. The van der Waals surface area contributed by atoms with E-state index in [9.17, 15) is 5.11 Å². The van der Waals surface area contributed by atoms with E-state index in [4.69, 9.17) is 0 Å². The number of aromatic nitrogens is 1. The van der Waals surface area contributed by atoms with Crippen molar-refractivity contribution in [3.63, 3.8) is 0 Å². The zero-order valence-corrected chi connectivity index (χ0v) is 22.0. The summed E-state index contributed by atoms with van der Waals surface area (Å²) in [6.45, 7) is 1.43. The maximum atomic E-state index is 11.4. The highest BCUT2D eigenvalue weighted by Gasteiger charge is 2.30. The minimum Gasteiger partial charge on any atom is -0.390 e. The van der Waals surface area contributed by atoms with E-state index in [2.05, 4.69) is 77.7 Å². The van der Waals surface area contributed by atoms with Gasteiger partial charge < -0.3 is 9.67 Å². The van der Waals surface area contributed by atoms with Crippen LogP contribution in [0.5, 0.6) is 0 Å². The Balaban J connectivity index is 1.43. The second kappa shape index (κ2) is 10.2. The van der Waals surface area contributed by atoms with Gasteiger partial charge in [-0.15, -0.1) is 0 Å². The van der Waals surface area contributed by atoms with Crippen molar-refractivity contribution in [2.24, 2.45) is 0 Å². The lowest BCUT2D eigenvalue weighted by molar-refractivity contribution is 0.0242. The summed E-state index contributed by atoms with van der Waals surface area (Å²) in [5, 5.41) is 13.9. The average molecular weight is 562 g/mol. The first kappa shape index (κ1) is 22.9. The van der Waals surface area contributed by atoms with E-state index in [0.29, 0.717) is 18.6 Å². The molecule has 0 spiro atoms. The van der Waals surface area contributed by atoms with Crippen LogP contribution in [-0.2, 0) is 6.54 Å². The minimum atomic E-state index is -0.370. The lowest BCUT2D eigenvalue weighted by Crippen LogP contribution is -2.49. The zero-order chi connectivity index (χ0) is 22.1. The fraction of sp³-hybridized carbons (Fsp3) is 0.556. The Hall–Kier alpha value is -0.880. The molecule has 5 heteroatoms. The quantitative estimate of drug-likeness (QED) is 0.335. The van der Waals surface area contributed by atoms with E-state index in [0.717, 1.165) is 15.5 Å². The molecule has 2 aliphatic rings. The third-order valence-electron chi connectivity index (χ3n) is 7.69. The van der Waals surface area contributed by atoms with Crippen LogP contribution < -0.4 is 0 Å². The zero-order valence-electron chi connectivity index (χ0n) is 18.8. The molecule has 1 atom stereocenters. The van der Waals surface area contributed by atoms with Gasteiger partial charge in [0, 0.05) is 49.4 Å². The predicted molar refractivity (Wildman–Crippen MR) is 141 cm³/mol. The number of aliphatic hydroxyl groups is 1. The number of hydrogen-bond donors (Lipinski definition) is 1. The van der Waals surface area contributed by atoms with Gasteiger partial charge in [0.25, 0.3) is 0 Å². The van der Waals surface area contributed by atoms with Crippen LogP contribution in [-0.4, -0.2) is 39.3 Å². The summed E-state index contributed by atoms with van der Waals surface area (Å²) in [4.78, 5) is 2.73. The standard InChI is InChI=1S/C27H34Br2N2O/c28-19-11-13-26-24(15-19)25-16-20(29)12-14-27(25)31(26)18-23(32)17-30(21-7-3-1-4-8-21)22-9-5-2-6-10-22/h11-16,21-23,32H,1-10,17-18H2/t23-/m1/s1. The van der Waals surface area contributed by atoms with Crippen molar-refractivity contribution in [1.82, 2.24) is 9.47 Å². The first-order chi connectivity index (χ1) is 15.6. The molecule has 32 heavy (non-hydrogen) atoms. The lowest BCUT2D eigenvalue weighted by Gasteiger charge is -2.42. The molecule has 1 heterocycles. The van der Waals surface area contributed by atoms with Gasteiger partial charge >= 0.3 is 0 Å². The Labute approximate surface area is 208 Å². The molecule has 2 fully saturated rings. The molecule has 3 nitrogen and oxygen atoms in total. The molecular weight excluding hydrogens is 528 g/mol. The van der Waals surface area contributed by atoms with Crippen molar-refractivity contribution in [2.75, 3.05) is 6.54 Å². The summed E-state index contributed by atoms with van der Waals surface area (Å²) in [5.41, 5.74) is 2.39. The average Bonchev–Trinajstić information content (AvgIpc) is 3.10. The molecular formula is C27H34Br2N2O. The van der Waals surface area contributed by atoms with E-state index in [1.165, 1.54) is 86.0 Å². The highest BCUT2D eigenvalue weighted by atomic mass is 79.9. The van der Waals surface area contributed by atoms with Crippen LogP contribution in [0.25, 0.3) is 21.8 Å². The third-order valence-corrected chi connectivity index (χ3v) is 8.68. The summed E-state index contributed by atoms with van der Waals surface area (Å²) in [6, 6.07) is 14.3. The molecule has 0 bridgehead atoms. The van der Waals surface area contributed by atoms with Gasteiger partial charge in [0.05, 0.1) is 12.6 Å². The van der Waals surface area contributed by atoms with Gasteiger partial charge in [-0.1, -0.05) is 70.4 Å². The number of aliphatic hydroxyl groups excluding tert-OH is 1. The number of halogens is 2. The van der Waals surface area contributed by atoms with E-state index in [1.807, 2.05) is 0 Å². The van der Waals surface area contributed by atoms with Crippen molar-refractivity contribution in [2.45, 2.75) is 88.9 Å². The Morgan fingerprint density at radius 1 is 0.781 bits per heavy atom. The number of rotatable bonds is 6. The summed E-state index contributed by atoms with van der Waals surface area (Å²) >= 11 is 7.28. The van der Waals surface area contributed by atoms with Gasteiger partial charge in [0.1, 0.15) is 0 Å². The van der Waals surface area contributed by atoms with Crippen LogP contribution in [0.4, 0.5) is 0 Å². The smallest absolute Gasteiger partial charge is 0.0846 e. The molecule has 1 N–H and O–H groups in total. The molecule has 2 aliphatic carbocycles. The van der Waals surface area contributed by atoms with Crippen LogP contribution in [0, 0.1) is 0 Å². The SMILES string of the molecule is O[C@H](CN(C1CCCCC1)C1CCCCC1)Cn1c2ccc(Br)cc2c2cc(Br)ccc21. The second-order valence-corrected chi connectivity index (χ2v) is 11.7. The molecule has 0 aliphatic heterocycles. The lowest BCUT2D eigenvalue weighted by atomic mass is 9.88. The summed E-state index contributed by atoms with van der Waals surface area (Å²) < 4.78 is 4.50. The van der Waals surface area contributed by atoms with Crippen LogP contribution >= 0.6 is 31.9 Å². The van der Waals surface area contributed by atoms with Crippen molar-refractivity contribution in [3.8, 4) is 0 Å². The monoisotopic (exact) mass is 560 g/mol. The normalized spacial score (nSPS) is 19.9. The molecule has 172 valence electrons. The Morgan fingerprint density at radius 2 is 1.25 bits per heavy atom. The second-order valence-electron chi connectivity index (χ2n) is 9.87. The summed E-state index contributed by atoms with van der Waals surface area (Å²) in [6.07, 6.45) is 13.0. The maximum Gasteiger partial charge on any atom is 0.0846 e. The van der Waals surface area contributed by atoms with E-state index in [-0.39, 0.29) is 6.10 Å². The minimum absolute atomic E-state index is 0.370. The first-order valence-corrected chi connectivity index (χ1v) is 14.0. The van der Waals surface area contributed by atoms with Crippen molar-refractivity contribution in [3.05, 3.63) is 45.3 Å². The first-order valence-electron chi connectivity index (χ1n) is 12.4. The van der Waals surface area contributed by atoms with Crippen molar-refractivity contribution in [1.29, 1.82) is 0 Å². The van der Waals surface area contributed by atoms with Gasteiger partial charge in [0.2, 0.25) is 0 Å². The van der Waals surface area contributed by atoms with Gasteiger partial charge in [0.15, 0.2) is 0 Å². The molecule has 1 aromatic heterocycles. The molecule has 0 amide bonds. The summed E-state index contributed by atoms with van der Waals surface area (Å²) in [5.74, 6) is 0. The van der Waals surface area contributed by atoms with Crippen LogP contribution in [0.1, 0.15) is 64.2 Å². The molecule has 0 radical (unpaired) electrons. The van der Waals surface area contributed by atoms with Gasteiger partial charge in [-0.3, -0.25) is 4.90 Å². The Morgan fingerprint density at radius 3 is 1.72 bits per heavy atom.